The summed E-state index contributed by atoms with van der Waals surface area (Å²) < 4.78 is 0.977. The maximum atomic E-state index is 11.3. The number of pyridine rings is 1. The summed E-state index contributed by atoms with van der Waals surface area (Å²) in [6.45, 7) is 4.33. The molecule has 0 spiro atoms. The van der Waals surface area contributed by atoms with Crippen molar-refractivity contribution in [1.82, 2.24) is 9.88 Å². The second-order valence-electron chi connectivity index (χ2n) is 4.85. The number of halogens is 1. The molecule has 4 nitrogen and oxygen atoms in total. The molecule has 0 bridgehead atoms. The highest BCUT2D eigenvalue weighted by Crippen LogP contribution is 2.30. The van der Waals surface area contributed by atoms with E-state index in [9.17, 15) is 4.79 Å². The molecule has 2 rings (SSSR count). The Bertz CT molecular complexity index is 420. The van der Waals surface area contributed by atoms with Crippen molar-refractivity contribution in [2.24, 2.45) is 11.1 Å². The van der Waals surface area contributed by atoms with Gasteiger partial charge in [0, 0.05) is 23.8 Å². The van der Waals surface area contributed by atoms with Gasteiger partial charge in [0.05, 0.1) is 11.1 Å². The maximum Gasteiger partial charge on any atom is 0.224 e. The summed E-state index contributed by atoms with van der Waals surface area (Å²) in [7, 11) is 0. The summed E-state index contributed by atoms with van der Waals surface area (Å²) in [5.74, 6) is -0.205. The SMILES string of the molecule is CC1(C(N)=O)CCN(Cc2ccc(Br)cn2)C1. The Morgan fingerprint density at radius 2 is 2.41 bits per heavy atom. The van der Waals surface area contributed by atoms with Gasteiger partial charge in [0.1, 0.15) is 0 Å². The molecule has 0 aromatic carbocycles. The van der Waals surface area contributed by atoms with Crippen LogP contribution in [0, 0.1) is 5.41 Å². The summed E-state index contributed by atoms with van der Waals surface area (Å²) in [6.07, 6.45) is 2.62. The summed E-state index contributed by atoms with van der Waals surface area (Å²) in [4.78, 5) is 17.9. The number of rotatable bonds is 3. The highest BCUT2D eigenvalue weighted by Gasteiger charge is 2.38. The van der Waals surface area contributed by atoms with Crippen LogP contribution in [-0.2, 0) is 11.3 Å². The first kappa shape index (κ1) is 12.5. The van der Waals surface area contributed by atoms with Gasteiger partial charge in [-0.25, -0.2) is 0 Å². The average molecular weight is 298 g/mol. The minimum Gasteiger partial charge on any atom is -0.369 e. The van der Waals surface area contributed by atoms with Crippen molar-refractivity contribution in [3.05, 3.63) is 28.5 Å². The van der Waals surface area contributed by atoms with Crippen LogP contribution in [0.25, 0.3) is 0 Å². The number of hydrogen-bond acceptors (Lipinski definition) is 3. The van der Waals surface area contributed by atoms with E-state index in [1.165, 1.54) is 0 Å². The third kappa shape index (κ3) is 2.84. The number of amides is 1. The molecule has 1 aromatic rings. The maximum absolute atomic E-state index is 11.3. The summed E-state index contributed by atoms with van der Waals surface area (Å²) >= 11 is 3.36. The van der Waals surface area contributed by atoms with Crippen LogP contribution < -0.4 is 5.73 Å². The molecule has 0 saturated carbocycles. The Morgan fingerprint density at radius 1 is 1.65 bits per heavy atom. The van der Waals surface area contributed by atoms with Crippen molar-refractivity contribution in [1.29, 1.82) is 0 Å². The second-order valence-corrected chi connectivity index (χ2v) is 5.77. The lowest BCUT2D eigenvalue weighted by Gasteiger charge is -2.20. The van der Waals surface area contributed by atoms with Crippen LogP contribution in [0.3, 0.4) is 0 Å². The average Bonchev–Trinajstić information content (AvgIpc) is 2.65. The first-order valence-corrected chi connectivity index (χ1v) is 6.42. The Kier molecular flexibility index (Phi) is 3.49. The van der Waals surface area contributed by atoms with Gasteiger partial charge < -0.3 is 5.73 Å². The van der Waals surface area contributed by atoms with Crippen LogP contribution >= 0.6 is 15.9 Å². The number of aromatic nitrogens is 1. The van der Waals surface area contributed by atoms with Gasteiger partial charge in [-0.1, -0.05) is 0 Å². The number of nitrogens with zero attached hydrogens (tertiary/aromatic N) is 2. The predicted molar refractivity (Wildman–Crippen MR) is 69.1 cm³/mol. The van der Waals surface area contributed by atoms with Crippen LogP contribution in [0.5, 0.6) is 0 Å². The van der Waals surface area contributed by atoms with Gasteiger partial charge in [-0.2, -0.15) is 0 Å². The van der Waals surface area contributed by atoms with Crippen LogP contribution in [0.1, 0.15) is 19.0 Å². The van der Waals surface area contributed by atoms with Crippen molar-refractivity contribution in [3.8, 4) is 0 Å². The number of hydrogen-bond donors (Lipinski definition) is 1. The minimum atomic E-state index is -0.380. The zero-order valence-corrected chi connectivity index (χ0v) is 11.4. The van der Waals surface area contributed by atoms with Crippen molar-refractivity contribution in [2.75, 3.05) is 13.1 Å². The highest BCUT2D eigenvalue weighted by atomic mass is 79.9. The normalized spacial score (nSPS) is 25.1. The van der Waals surface area contributed by atoms with Crippen LogP contribution in [-0.4, -0.2) is 28.9 Å². The molecule has 1 saturated heterocycles. The minimum absolute atomic E-state index is 0.205. The van der Waals surface area contributed by atoms with E-state index in [0.29, 0.717) is 0 Å². The number of carbonyl (C=O) groups is 1. The van der Waals surface area contributed by atoms with E-state index in [4.69, 9.17) is 5.73 Å². The molecule has 1 unspecified atom stereocenters. The van der Waals surface area contributed by atoms with Gasteiger partial charge >= 0.3 is 0 Å². The molecule has 5 heteroatoms. The summed E-state index contributed by atoms with van der Waals surface area (Å²) in [6, 6.07) is 3.97. The Hall–Kier alpha value is -0.940. The first-order chi connectivity index (χ1) is 7.99. The molecule has 17 heavy (non-hydrogen) atoms. The lowest BCUT2D eigenvalue weighted by Crippen LogP contribution is -2.37. The Morgan fingerprint density at radius 3 is 2.94 bits per heavy atom. The van der Waals surface area contributed by atoms with Crippen molar-refractivity contribution < 1.29 is 4.79 Å². The van der Waals surface area contributed by atoms with Crippen molar-refractivity contribution in [3.63, 3.8) is 0 Å². The Balaban J connectivity index is 1.98. The summed E-state index contributed by atoms with van der Waals surface area (Å²) in [5, 5.41) is 0. The van der Waals surface area contributed by atoms with E-state index in [2.05, 4.69) is 25.8 Å². The fourth-order valence-corrected chi connectivity index (χ4v) is 2.36. The van der Waals surface area contributed by atoms with E-state index >= 15 is 0 Å². The van der Waals surface area contributed by atoms with Gasteiger partial charge in [0.25, 0.3) is 0 Å². The molecule has 1 aliphatic heterocycles. The topological polar surface area (TPSA) is 59.2 Å². The van der Waals surface area contributed by atoms with Gasteiger partial charge in [0.15, 0.2) is 0 Å². The molecular weight excluding hydrogens is 282 g/mol. The molecule has 2 heterocycles. The fourth-order valence-electron chi connectivity index (χ4n) is 2.12. The van der Waals surface area contributed by atoms with Crippen LogP contribution in [0.15, 0.2) is 22.8 Å². The lowest BCUT2D eigenvalue weighted by molar-refractivity contribution is -0.126. The standard InChI is InChI=1S/C12H16BrN3O/c1-12(11(14)17)4-5-16(8-12)7-10-3-2-9(13)6-15-10/h2-3,6H,4-5,7-8H2,1H3,(H2,14,17). The van der Waals surface area contributed by atoms with Crippen LogP contribution in [0.4, 0.5) is 0 Å². The third-order valence-electron chi connectivity index (χ3n) is 3.32. The molecule has 1 fully saturated rings. The van der Waals surface area contributed by atoms with E-state index in [0.717, 1.165) is 36.2 Å². The quantitative estimate of drug-likeness (QED) is 0.921. The van der Waals surface area contributed by atoms with Crippen molar-refractivity contribution in [2.45, 2.75) is 19.9 Å². The summed E-state index contributed by atoms with van der Waals surface area (Å²) in [5.41, 5.74) is 6.06. The van der Waals surface area contributed by atoms with Gasteiger partial charge in [-0.15, -0.1) is 0 Å². The molecule has 2 N–H and O–H groups in total. The third-order valence-corrected chi connectivity index (χ3v) is 3.79. The van der Waals surface area contributed by atoms with Gasteiger partial charge in [-0.3, -0.25) is 14.7 Å². The highest BCUT2D eigenvalue weighted by molar-refractivity contribution is 9.10. The van der Waals surface area contributed by atoms with Gasteiger partial charge in [-0.05, 0) is 48.0 Å². The van der Waals surface area contributed by atoms with E-state index in [1.807, 2.05) is 19.1 Å². The predicted octanol–water partition coefficient (Wildman–Crippen LogP) is 1.54. The molecule has 0 aliphatic carbocycles. The van der Waals surface area contributed by atoms with Crippen LogP contribution in [0.2, 0.25) is 0 Å². The number of primary amides is 1. The Labute approximate surface area is 109 Å². The van der Waals surface area contributed by atoms with Crippen molar-refractivity contribution >= 4 is 21.8 Å². The first-order valence-electron chi connectivity index (χ1n) is 5.62. The fraction of sp³-hybridized carbons (Fsp3) is 0.500. The smallest absolute Gasteiger partial charge is 0.224 e. The van der Waals surface area contributed by atoms with E-state index < -0.39 is 0 Å². The largest absolute Gasteiger partial charge is 0.369 e. The molecule has 1 aromatic heterocycles. The molecule has 1 atom stereocenters. The zero-order valence-electron chi connectivity index (χ0n) is 9.82. The second kappa shape index (κ2) is 4.74. The molecule has 1 aliphatic rings. The van der Waals surface area contributed by atoms with Gasteiger partial charge in [0.2, 0.25) is 5.91 Å². The van der Waals surface area contributed by atoms with E-state index in [1.54, 1.807) is 6.20 Å². The molecule has 92 valence electrons. The molecular formula is C12H16BrN3O. The monoisotopic (exact) mass is 297 g/mol. The lowest BCUT2D eigenvalue weighted by atomic mass is 9.89. The number of nitrogens with two attached hydrogens (primary N) is 1. The molecule has 0 radical (unpaired) electrons. The number of carbonyl (C=O) groups excluding carboxylic acids is 1. The number of likely N-dealkylation sites (tertiary alicyclic amines) is 1. The zero-order chi connectivity index (χ0) is 12.5. The van der Waals surface area contributed by atoms with E-state index in [-0.39, 0.29) is 11.3 Å². The molecule has 1 amide bonds.